The van der Waals surface area contributed by atoms with Crippen LogP contribution in [0.3, 0.4) is 0 Å². The van der Waals surface area contributed by atoms with E-state index in [0.29, 0.717) is 12.2 Å². The monoisotopic (exact) mass is 275 g/mol. The highest BCUT2D eigenvalue weighted by molar-refractivity contribution is 5.10. The van der Waals surface area contributed by atoms with E-state index in [0.717, 1.165) is 11.9 Å². The largest absolute Gasteiger partial charge is 0.385 e. The van der Waals surface area contributed by atoms with E-state index in [1.807, 2.05) is 37.1 Å². The summed E-state index contributed by atoms with van der Waals surface area (Å²) in [5.74, 6) is -0.406. The third-order valence-corrected chi connectivity index (χ3v) is 3.33. The maximum absolute atomic E-state index is 12.8. The maximum Gasteiger partial charge on any atom is 0.141 e. The van der Waals surface area contributed by atoms with Gasteiger partial charge in [0, 0.05) is 18.8 Å². The molecule has 0 spiro atoms. The van der Waals surface area contributed by atoms with Crippen LogP contribution in [0.5, 0.6) is 0 Å². The smallest absolute Gasteiger partial charge is 0.141 e. The van der Waals surface area contributed by atoms with Crippen LogP contribution in [-0.2, 0) is 0 Å². The molecule has 0 bridgehead atoms. The van der Waals surface area contributed by atoms with Gasteiger partial charge in [-0.15, -0.1) is 0 Å². The second-order valence-electron chi connectivity index (χ2n) is 4.79. The summed E-state index contributed by atoms with van der Waals surface area (Å²) in [7, 11) is 1.91. The maximum atomic E-state index is 12.8. The molecule has 0 amide bonds. The number of hydrogen-bond donors (Lipinski definition) is 1. The molecule has 0 fully saturated rings. The first-order valence-corrected chi connectivity index (χ1v) is 6.48. The van der Waals surface area contributed by atoms with Crippen molar-refractivity contribution < 1.29 is 9.50 Å². The average Bonchev–Trinajstić information content (AvgIpc) is 2.48. The van der Waals surface area contributed by atoms with E-state index in [-0.39, 0.29) is 6.04 Å². The zero-order chi connectivity index (χ0) is 14.5. The second-order valence-corrected chi connectivity index (χ2v) is 4.79. The lowest BCUT2D eigenvalue weighted by molar-refractivity contribution is 0.104. The fraction of sp³-hybridized carbons (Fsp3) is 0.333. The average molecular weight is 275 g/mol. The van der Waals surface area contributed by atoms with Gasteiger partial charge in [-0.1, -0.05) is 6.07 Å². The Labute approximate surface area is 117 Å². The van der Waals surface area contributed by atoms with Crippen LogP contribution in [-0.4, -0.2) is 33.6 Å². The van der Waals surface area contributed by atoms with Gasteiger partial charge in [-0.3, -0.25) is 14.9 Å². The lowest BCUT2D eigenvalue weighted by Crippen LogP contribution is -2.28. The van der Waals surface area contributed by atoms with Crippen molar-refractivity contribution in [3.63, 3.8) is 0 Å². The van der Waals surface area contributed by atoms with E-state index in [1.54, 1.807) is 6.20 Å². The SMILES string of the molecule is C[C@@H](c1ccccn1)N(C)C[C@@H](O)c1ccc(F)cn1. The first-order chi connectivity index (χ1) is 9.58. The summed E-state index contributed by atoms with van der Waals surface area (Å²) in [5, 5.41) is 10.1. The van der Waals surface area contributed by atoms with Gasteiger partial charge in [0.1, 0.15) is 11.9 Å². The molecular formula is C15H18FN3O. The quantitative estimate of drug-likeness (QED) is 0.910. The number of nitrogens with zero attached hydrogens (tertiary/aromatic N) is 3. The molecule has 20 heavy (non-hydrogen) atoms. The van der Waals surface area contributed by atoms with Gasteiger partial charge in [-0.05, 0) is 38.2 Å². The number of halogens is 1. The topological polar surface area (TPSA) is 49.2 Å². The molecule has 0 aromatic carbocycles. The van der Waals surface area contributed by atoms with E-state index in [2.05, 4.69) is 9.97 Å². The van der Waals surface area contributed by atoms with Gasteiger partial charge in [0.25, 0.3) is 0 Å². The van der Waals surface area contributed by atoms with Crippen molar-refractivity contribution in [3.8, 4) is 0 Å². The Kier molecular flexibility index (Phi) is 4.76. The van der Waals surface area contributed by atoms with Gasteiger partial charge < -0.3 is 5.11 Å². The van der Waals surface area contributed by atoms with Crippen molar-refractivity contribution in [2.45, 2.75) is 19.1 Å². The summed E-state index contributed by atoms with van der Waals surface area (Å²) in [5.41, 5.74) is 1.40. The molecule has 106 valence electrons. The number of likely N-dealkylation sites (N-methyl/N-ethyl adjacent to an activating group) is 1. The van der Waals surface area contributed by atoms with E-state index in [1.165, 1.54) is 12.1 Å². The third-order valence-electron chi connectivity index (χ3n) is 3.33. The fourth-order valence-electron chi connectivity index (χ4n) is 1.96. The first-order valence-electron chi connectivity index (χ1n) is 6.48. The summed E-state index contributed by atoms with van der Waals surface area (Å²) in [6.07, 6.45) is 2.10. The molecule has 0 radical (unpaired) electrons. The molecule has 0 saturated carbocycles. The first kappa shape index (κ1) is 14.6. The Bertz CT molecular complexity index is 533. The number of aliphatic hydroxyl groups is 1. The Morgan fingerprint density at radius 3 is 2.60 bits per heavy atom. The summed E-state index contributed by atoms with van der Waals surface area (Å²) in [6.45, 7) is 2.42. The molecule has 0 aliphatic carbocycles. The van der Waals surface area contributed by atoms with Crippen LogP contribution >= 0.6 is 0 Å². The van der Waals surface area contributed by atoms with Gasteiger partial charge in [-0.25, -0.2) is 4.39 Å². The van der Waals surface area contributed by atoms with E-state index in [4.69, 9.17) is 0 Å². The van der Waals surface area contributed by atoms with Crippen LogP contribution in [0.4, 0.5) is 4.39 Å². The molecule has 2 rings (SSSR count). The van der Waals surface area contributed by atoms with Crippen LogP contribution in [0, 0.1) is 5.82 Å². The molecule has 0 unspecified atom stereocenters. The number of aliphatic hydroxyl groups excluding tert-OH is 1. The van der Waals surface area contributed by atoms with Gasteiger partial charge >= 0.3 is 0 Å². The van der Waals surface area contributed by atoms with Crippen LogP contribution in [0.1, 0.15) is 30.5 Å². The fourth-order valence-corrected chi connectivity index (χ4v) is 1.96. The van der Waals surface area contributed by atoms with Crippen molar-refractivity contribution >= 4 is 0 Å². The van der Waals surface area contributed by atoms with Crippen LogP contribution in [0.15, 0.2) is 42.7 Å². The van der Waals surface area contributed by atoms with E-state index in [9.17, 15) is 9.50 Å². The minimum absolute atomic E-state index is 0.0753. The lowest BCUT2D eigenvalue weighted by atomic mass is 10.1. The standard InChI is InChI=1S/C15H18FN3O/c1-11(13-5-3-4-8-17-13)19(2)10-15(20)14-7-6-12(16)9-18-14/h3-9,11,15,20H,10H2,1-2H3/t11-,15+/m0/s1. The minimum atomic E-state index is -0.758. The van der Waals surface area contributed by atoms with Gasteiger partial charge in [0.2, 0.25) is 0 Å². The summed E-state index contributed by atoms with van der Waals surface area (Å²) in [4.78, 5) is 10.2. The van der Waals surface area contributed by atoms with E-state index < -0.39 is 11.9 Å². The minimum Gasteiger partial charge on any atom is -0.385 e. The highest BCUT2D eigenvalue weighted by Crippen LogP contribution is 2.19. The Balaban J connectivity index is 2.00. The number of rotatable bonds is 5. The highest BCUT2D eigenvalue weighted by Gasteiger charge is 2.18. The molecule has 0 saturated heterocycles. The summed E-state index contributed by atoms with van der Waals surface area (Å²) < 4.78 is 12.8. The van der Waals surface area contributed by atoms with Gasteiger partial charge in [0.05, 0.1) is 17.6 Å². The molecule has 1 N–H and O–H groups in total. The predicted octanol–water partition coefficient (Wildman–Crippen LogP) is 2.34. The highest BCUT2D eigenvalue weighted by atomic mass is 19.1. The van der Waals surface area contributed by atoms with Crippen molar-refractivity contribution in [2.75, 3.05) is 13.6 Å². The zero-order valence-corrected chi connectivity index (χ0v) is 11.6. The van der Waals surface area contributed by atoms with Crippen LogP contribution in [0.2, 0.25) is 0 Å². The van der Waals surface area contributed by atoms with E-state index >= 15 is 0 Å². The molecule has 2 aromatic rings. The van der Waals surface area contributed by atoms with Crippen molar-refractivity contribution in [3.05, 3.63) is 59.9 Å². The van der Waals surface area contributed by atoms with Gasteiger partial charge in [0.15, 0.2) is 0 Å². The predicted molar refractivity (Wildman–Crippen MR) is 74.4 cm³/mol. The second kappa shape index (κ2) is 6.54. The third kappa shape index (κ3) is 3.59. The molecule has 2 heterocycles. The number of hydrogen-bond acceptors (Lipinski definition) is 4. The summed E-state index contributed by atoms with van der Waals surface area (Å²) in [6, 6.07) is 8.63. The molecule has 0 aliphatic heterocycles. The Morgan fingerprint density at radius 2 is 2.00 bits per heavy atom. The molecule has 2 atom stereocenters. The normalized spacial score (nSPS) is 14.2. The number of pyridine rings is 2. The Hall–Kier alpha value is -1.85. The lowest BCUT2D eigenvalue weighted by Gasteiger charge is -2.26. The van der Waals surface area contributed by atoms with Gasteiger partial charge in [-0.2, -0.15) is 0 Å². The van der Waals surface area contributed by atoms with Crippen molar-refractivity contribution in [1.29, 1.82) is 0 Å². The number of aromatic nitrogens is 2. The molecule has 5 heteroatoms. The van der Waals surface area contributed by atoms with Crippen molar-refractivity contribution in [2.24, 2.45) is 0 Å². The molecule has 0 aliphatic rings. The van der Waals surface area contributed by atoms with Crippen LogP contribution < -0.4 is 0 Å². The molecule has 4 nitrogen and oxygen atoms in total. The summed E-state index contributed by atoms with van der Waals surface area (Å²) >= 11 is 0. The van der Waals surface area contributed by atoms with Crippen LogP contribution in [0.25, 0.3) is 0 Å². The molecular weight excluding hydrogens is 257 g/mol. The Morgan fingerprint density at radius 1 is 1.20 bits per heavy atom. The van der Waals surface area contributed by atoms with Crippen molar-refractivity contribution in [1.82, 2.24) is 14.9 Å². The molecule has 2 aromatic heterocycles. The zero-order valence-electron chi connectivity index (χ0n) is 11.6.